The summed E-state index contributed by atoms with van der Waals surface area (Å²) in [5, 5.41) is 2.95. The molecule has 1 N–H and O–H groups in total. The maximum atomic E-state index is 11.0. The van der Waals surface area contributed by atoms with Gasteiger partial charge in [-0.2, -0.15) is 0 Å². The van der Waals surface area contributed by atoms with Gasteiger partial charge in [0.25, 0.3) is 0 Å². The lowest BCUT2D eigenvalue weighted by molar-refractivity contribution is -0.110. The van der Waals surface area contributed by atoms with Gasteiger partial charge in [0.05, 0.1) is 20.8 Å². The van der Waals surface area contributed by atoms with Crippen LogP contribution < -0.4 is 14.8 Å². The Morgan fingerprint density at radius 2 is 1.76 bits per heavy atom. The molecule has 1 unspecified atom stereocenters. The van der Waals surface area contributed by atoms with Gasteiger partial charge in [0.2, 0.25) is 0 Å². The number of ether oxygens (including phenoxy) is 2. The maximum Gasteiger partial charge on any atom is 0.199 e. The number of hydrogen-bond acceptors (Lipinski definition) is 4. The Hall–Kier alpha value is -1.98. The summed E-state index contributed by atoms with van der Waals surface area (Å²) in [4.78, 5) is 11.0. The molecule has 2 aromatic rings. The monoisotopic (exact) mass is 359 g/mol. The molecule has 0 saturated heterocycles. The lowest BCUT2D eigenvalue weighted by Crippen LogP contribution is -2.23. The highest BCUT2D eigenvalue weighted by atomic mass is 32.1. The molecular weight excluding hydrogens is 334 g/mol. The summed E-state index contributed by atoms with van der Waals surface area (Å²) >= 11 is 3.78. The number of nitrogens with one attached hydrogen (secondary N) is 1. The van der Waals surface area contributed by atoms with Gasteiger partial charge in [-0.05, 0) is 41.8 Å². The van der Waals surface area contributed by atoms with Crippen LogP contribution in [0.3, 0.4) is 0 Å². The fourth-order valence-corrected chi connectivity index (χ4v) is 3.01. The molecule has 0 aliphatic rings. The lowest BCUT2D eigenvalue weighted by atomic mass is 9.88. The third-order valence-electron chi connectivity index (χ3n) is 4.26. The average molecular weight is 359 g/mol. The number of rotatable bonds is 9. The van der Waals surface area contributed by atoms with Crippen molar-refractivity contribution in [2.75, 3.05) is 27.3 Å². The molecular formula is C20H25NO3S. The van der Waals surface area contributed by atoms with E-state index in [0.29, 0.717) is 12.3 Å². The summed E-state index contributed by atoms with van der Waals surface area (Å²) in [5.74, 6) is 1.66. The van der Waals surface area contributed by atoms with E-state index in [4.69, 9.17) is 9.47 Å². The molecule has 2 rings (SSSR count). The quantitative estimate of drug-likeness (QED) is 0.532. The lowest BCUT2D eigenvalue weighted by Gasteiger charge is -2.20. The van der Waals surface area contributed by atoms with Crippen molar-refractivity contribution in [3.05, 3.63) is 59.2 Å². The molecule has 0 aliphatic carbocycles. The Labute approximate surface area is 155 Å². The van der Waals surface area contributed by atoms with E-state index >= 15 is 0 Å². The van der Waals surface area contributed by atoms with Crippen LogP contribution in [-0.4, -0.2) is 32.4 Å². The van der Waals surface area contributed by atoms with Crippen molar-refractivity contribution in [1.82, 2.24) is 5.32 Å². The first-order valence-electron chi connectivity index (χ1n) is 8.29. The highest BCUT2D eigenvalue weighted by molar-refractivity contribution is 7.96. The number of carbonyl (C=O) groups is 1. The minimum Gasteiger partial charge on any atom is -0.493 e. The van der Waals surface area contributed by atoms with Crippen LogP contribution >= 0.6 is 12.6 Å². The molecule has 0 fully saturated rings. The zero-order valence-electron chi connectivity index (χ0n) is 14.9. The third-order valence-corrected chi connectivity index (χ3v) is 4.42. The SMILES string of the molecule is COc1cc(CCNCC(=O)S)c(C(C)c2ccccc2)cc1OC. The van der Waals surface area contributed by atoms with Gasteiger partial charge >= 0.3 is 0 Å². The van der Waals surface area contributed by atoms with E-state index in [1.54, 1.807) is 14.2 Å². The van der Waals surface area contributed by atoms with Gasteiger partial charge in [0, 0.05) is 5.92 Å². The van der Waals surface area contributed by atoms with E-state index in [1.807, 2.05) is 24.3 Å². The summed E-state index contributed by atoms with van der Waals surface area (Å²) in [5.41, 5.74) is 3.62. The fraction of sp³-hybridized carbons (Fsp3) is 0.350. The zero-order chi connectivity index (χ0) is 18.2. The maximum absolute atomic E-state index is 11.0. The van der Waals surface area contributed by atoms with Crippen LogP contribution in [-0.2, 0) is 11.2 Å². The Morgan fingerprint density at radius 1 is 1.12 bits per heavy atom. The number of benzene rings is 2. The second kappa shape index (κ2) is 9.49. The number of carbonyl (C=O) groups excluding carboxylic acids is 1. The highest BCUT2D eigenvalue weighted by Gasteiger charge is 2.17. The molecule has 0 bridgehead atoms. The Kier molecular flexibility index (Phi) is 7.34. The van der Waals surface area contributed by atoms with Gasteiger partial charge in [-0.1, -0.05) is 37.3 Å². The molecule has 0 aromatic heterocycles. The summed E-state index contributed by atoms with van der Waals surface area (Å²) in [6, 6.07) is 14.4. The first kappa shape index (κ1) is 19.3. The number of hydrogen-bond donors (Lipinski definition) is 2. The summed E-state index contributed by atoms with van der Waals surface area (Å²) in [6.45, 7) is 3.14. The summed E-state index contributed by atoms with van der Waals surface area (Å²) < 4.78 is 10.9. The number of methoxy groups -OCH3 is 2. The van der Waals surface area contributed by atoms with Crippen molar-refractivity contribution >= 4 is 17.7 Å². The van der Waals surface area contributed by atoms with Crippen LogP contribution in [0.1, 0.15) is 29.5 Å². The molecule has 134 valence electrons. The molecule has 5 heteroatoms. The van der Waals surface area contributed by atoms with Gasteiger partial charge in [-0.25, -0.2) is 0 Å². The van der Waals surface area contributed by atoms with Crippen molar-refractivity contribution in [1.29, 1.82) is 0 Å². The molecule has 4 nitrogen and oxygen atoms in total. The predicted octanol–water partition coefficient (Wildman–Crippen LogP) is 3.44. The van der Waals surface area contributed by atoms with Crippen LogP contribution in [0.25, 0.3) is 0 Å². The van der Waals surface area contributed by atoms with Crippen LogP contribution in [0, 0.1) is 0 Å². The molecule has 0 spiro atoms. The van der Waals surface area contributed by atoms with Crippen LogP contribution in [0.2, 0.25) is 0 Å². The second-order valence-corrected chi connectivity index (χ2v) is 6.36. The van der Waals surface area contributed by atoms with E-state index in [-0.39, 0.29) is 17.6 Å². The van der Waals surface area contributed by atoms with Crippen molar-refractivity contribution in [2.24, 2.45) is 0 Å². The average Bonchev–Trinajstić information content (AvgIpc) is 2.64. The van der Waals surface area contributed by atoms with Crippen LogP contribution in [0.5, 0.6) is 11.5 Å². The molecule has 1 atom stereocenters. The molecule has 0 amide bonds. The van der Waals surface area contributed by atoms with Gasteiger partial charge in [0.15, 0.2) is 16.6 Å². The molecule has 0 saturated carbocycles. The normalized spacial score (nSPS) is 11.8. The topological polar surface area (TPSA) is 47.6 Å². The van der Waals surface area contributed by atoms with Gasteiger partial charge < -0.3 is 14.8 Å². The third kappa shape index (κ3) is 5.25. The highest BCUT2D eigenvalue weighted by Crippen LogP contribution is 2.36. The van der Waals surface area contributed by atoms with E-state index in [1.165, 1.54) is 16.7 Å². The Balaban J connectivity index is 2.32. The van der Waals surface area contributed by atoms with Crippen LogP contribution in [0.15, 0.2) is 42.5 Å². The van der Waals surface area contributed by atoms with Crippen molar-refractivity contribution in [3.8, 4) is 11.5 Å². The molecule has 0 aliphatic heterocycles. The van der Waals surface area contributed by atoms with Crippen molar-refractivity contribution in [3.63, 3.8) is 0 Å². The van der Waals surface area contributed by atoms with Crippen molar-refractivity contribution in [2.45, 2.75) is 19.3 Å². The molecule has 2 aromatic carbocycles. The molecule has 25 heavy (non-hydrogen) atoms. The van der Waals surface area contributed by atoms with Gasteiger partial charge in [-0.3, -0.25) is 4.79 Å². The van der Waals surface area contributed by atoms with Gasteiger partial charge in [0.1, 0.15) is 0 Å². The fourth-order valence-electron chi connectivity index (χ4n) is 2.90. The largest absolute Gasteiger partial charge is 0.493 e. The first-order valence-corrected chi connectivity index (χ1v) is 8.73. The Morgan fingerprint density at radius 3 is 2.36 bits per heavy atom. The summed E-state index contributed by atoms with van der Waals surface area (Å²) in [7, 11) is 3.29. The predicted molar refractivity (Wildman–Crippen MR) is 104 cm³/mol. The molecule has 0 heterocycles. The van der Waals surface area contributed by atoms with E-state index < -0.39 is 0 Å². The van der Waals surface area contributed by atoms with E-state index in [2.05, 4.69) is 43.1 Å². The van der Waals surface area contributed by atoms with Crippen molar-refractivity contribution < 1.29 is 14.3 Å². The van der Waals surface area contributed by atoms with Gasteiger partial charge in [-0.15, -0.1) is 12.6 Å². The second-order valence-electron chi connectivity index (χ2n) is 5.86. The van der Waals surface area contributed by atoms with Crippen LogP contribution in [0.4, 0.5) is 0 Å². The molecule has 0 radical (unpaired) electrons. The first-order chi connectivity index (χ1) is 12.1. The standard InChI is InChI=1S/C20H25NO3S/c1-14(15-7-5-4-6-8-15)17-12-19(24-3)18(23-2)11-16(17)9-10-21-13-20(22)25/h4-8,11-12,14,21H,9-10,13H2,1-3H3,(H,22,25). The minimum atomic E-state index is -0.162. The Bertz CT molecular complexity index is 704. The van der Waals surface area contributed by atoms with E-state index in [0.717, 1.165) is 12.2 Å². The summed E-state index contributed by atoms with van der Waals surface area (Å²) in [6.07, 6.45) is 0.786. The zero-order valence-corrected chi connectivity index (χ0v) is 15.8. The van der Waals surface area contributed by atoms with E-state index in [9.17, 15) is 4.79 Å². The smallest absolute Gasteiger partial charge is 0.199 e. The number of thiol groups is 1. The minimum absolute atomic E-state index is 0.162.